The van der Waals surface area contributed by atoms with Crippen LogP contribution in [0.1, 0.15) is 24.0 Å². The van der Waals surface area contributed by atoms with E-state index in [9.17, 15) is 9.59 Å². The fourth-order valence-corrected chi connectivity index (χ4v) is 4.04. The number of nitrogens with two attached hydrogens (primary N) is 1. The molecule has 3 aromatic carbocycles. The fraction of sp³-hybridized carbons (Fsp3) is 0.222. The predicted octanol–water partition coefficient (Wildman–Crippen LogP) is 3.06. The van der Waals surface area contributed by atoms with Crippen molar-refractivity contribution in [3.8, 4) is 5.75 Å². The number of carbonyl (C=O) groups is 2. The maximum atomic E-state index is 13.7. The van der Waals surface area contributed by atoms with Gasteiger partial charge in [-0.2, -0.15) is 0 Å². The van der Waals surface area contributed by atoms with Crippen LogP contribution in [0.5, 0.6) is 5.75 Å². The Morgan fingerprint density at radius 2 is 1.44 bits per heavy atom. The zero-order chi connectivity index (χ0) is 23.8. The summed E-state index contributed by atoms with van der Waals surface area (Å²) in [5.74, 6) is 0.510. The fourth-order valence-electron chi connectivity index (χ4n) is 4.04. The number of ether oxygens (including phenoxy) is 1. The third kappa shape index (κ3) is 4.93. The average molecular weight is 457 g/mol. The van der Waals surface area contributed by atoms with Gasteiger partial charge >= 0.3 is 0 Å². The summed E-state index contributed by atoms with van der Waals surface area (Å²) < 4.78 is 5.44. The zero-order valence-corrected chi connectivity index (χ0v) is 18.9. The number of amides is 2. The van der Waals surface area contributed by atoms with Crippen LogP contribution in [-0.4, -0.2) is 42.4 Å². The van der Waals surface area contributed by atoms with Gasteiger partial charge in [0.05, 0.1) is 0 Å². The van der Waals surface area contributed by atoms with Crippen LogP contribution in [0.2, 0.25) is 0 Å². The molecule has 174 valence electrons. The van der Waals surface area contributed by atoms with Crippen LogP contribution in [0.3, 0.4) is 0 Å². The number of nitrogens with zero attached hydrogens (tertiary/aromatic N) is 2. The minimum Gasteiger partial charge on any atom is -0.484 e. The summed E-state index contributed by atoms with van der Waals surface area (Å²) in [4.78, 5) is 31.9. The standard InChI is InChI=1S/C27H28N4O3/c28-26-30-27(21-12-4-1-5-13-21,22-14-6-2-7-15-22)25(33)31(26)19-11-10-18-29-24(32)20-34-23-16-8-3-9-17-23/h1-9,12-17H,10-11,18-20H2,(H2,28,30)(H,29,32). The summed E-state index contributed by atoms with van der Waals surface area (Å²) in [7, 11) is 0. The van der Waals surface area contributed by atoms with E-state index < -0.39 is 5.54 Å². The lowest BCUT2D eigenvalue weighted by Crippen LogP contribution is -2.44. The highest BCUT2D eigenvalue weighted by Crippen LogP contribution is 2.39. The number of para-hydroxylation sites is 1. The average Bonchev–Trinajstić information content (AvgIpc) is 3.14. The molecule has 0 saturated heterocycles. The number of guanidine groups is 1. The van der Waals surface area contributed by atoms with Gasteiger partial charge in [-0.25, -0.2) is 4.99 Å². The molecule has 34 heavy (non-hydrogen) atoms. The van der Waals surface area contributed by atoms with E-state index in [-0.39, 0.29) is 24.4 Å². The highest BCUT2D eigenvalue weighted by molar-refractivity contribution is 6.09. The molecule has 7 nitrogen and oxygen atoms in total. The van der Waals surface area contributed by atoms with Gasteiger partial charge in [-0.05, 0) is 36.1 Å². The highest BCUT2D eigenvalue weighted by Gasteiger charge is 2.50. The van der Waals surface area contributed by atoms with E-state index in [2.05, 4.69) is 10.3 Å². The minimum atomic E-state index is -1.18. The van der Waals surface area contributed by atoms with Crippen molar-refractivity contribution < 1.29 is 14.3 Å². The van der Waals surface area contributed by atoms with Crippen molar-refractivity contribution in [1.82, 2.24) is 10.2 Å². The molecular formula is C27H28N4O3. The SMILES string of the molecule is NC1=NC(c2ccccc2)(c2ccccc2)C(=O)N1CCCCNC(=O)COc1ccccc1. The van der Waals surface area contributed by atoms with Gasteiger partial charge in [0.2, 0.25) is 0 Å². The van der Waals surface area contributed by atoms with Crippen molar-refractivity contribution >= 4 is 17.8 Å². The molecule has 0 aliphatic carbocycles. The van der Waals surface area contributed by atoms with E-state index in [1.165, 1.54) is 0 Å². The molecule has 1 heterocycles. The molecule has 3 N–H and O–H groups in total. The van der Waals surface area contributed by atoms with Gasteiger partial charge in [-0.15, -0.1) is 0 Å². The summed E-state index contributed by atoms with van der Waals surface area (Å²) in [5.41, 5.74) is 6.62. The van der Waals surface area contributed by atoms with Crippen molar-refractivity contribution in [2.45, 2.75) is 18.4 Å². The molecule has 0 bridgehead atoms. The van der Waals surface area contributed by atoms with E-state index in [1.807, 2.05) is 78.9 Å². The van der Waals surface area contributed by atoms with Gasteiger partial charge in [0.25, 0.3) is 11.8 Å². The summed E-state index contributed by atoms with van der Waals surface area (Å²) in [6, 6.07) is 28.2. The van der Waals surface area contributed by atoms with E-state index in [1.54, 1.807) is 17.0 Å². The second-order valence-corrected chi connectivity index (χ2v) is 8.03. The molecule has 0 aromatic heterocycles. The van der Waals surface area contributed by atoms with E-state index in [0.717, 1.165) is 11.1 Å². The van der Waals surface area contributed by atoms with Gasteiger partial charge < -0.3 is 15.8 Å². The topological polar surface area (TPSA) is 97.0 Å². The lowest BCUT2D eigenvalue weighted by molar-refractivity contribution is -0.130. The first-order valence-corrected chi connectivity index (χ1v) is 11.3. The Kier molecular flexibility index (Phi) is 7.22. The second-order valence-electron chi connectivity index (χ2n) is 8.03. The van der Waals surface area contributed by atoms with Gasteiger partial charge in [0.15, 0.2) is 18.1 Å². The van der Waals surface area contributed by atoms with Crippen LogP contribution in [0.25, 0.3) is 0 Å². The number of aliphatic imine (C=N–C) groups is 1. The Morgan fingerprint density at radius 1 is 0.882 bits per heavy atom. The number of hydrogen-bond acceptors (Lipinski definition) is 5. The summed E-state index contributed by atoms with van der Waals surface area (Å²) in [6.45, 7) is 0.870. The quantitative estimate of drug-likeness (QED) is 0.458. The molecule has 0 unspecified atom stereocenters. The largest absolute Gasteiger partial charge is 0.484 e. The van der Waals surface area contributed by atoms with Crippen LogP contribution in [0.15, 0.2) is 96.0 Å². The normalized spacial score (nSPS) is 14.5. The first-order chi connectivity index (χ1) is 16.6. The van der Waals surface area contributed by atoms with Crippen LogP contribution in [0.4, 0.5) is 0 Å². The number of benzene rings is 3. The second kappa shape index (κ2) is 10.7. The Balaban J connectivity index is 1.33. The third-order valence-corrected chi connectivity index (χ3v) is 5.74. The number of rotatable bonds is 10. The number of hydrogen-bond donors (Lipinski definition) is 2. The molecule has 1 aliphatic rings. The summed E-state index contributed by atoms with van der Waals surface area (Å²) in [5, 5.41) is 2.84. The van der Waals surface area contributed by atoms with Crippen molar-refractivity contribution in [1.29, 1.82) is 0 Å². The molecule has 7 heteroatoms. The van der Waals surface area contributed by atoms with Crippen LogP contribution in [-0.2, 0) is 15.1 Å². The van der Waals surface area contributed by atoms with E-state index in [0.29, 0.717) is 31.7 Å². The molecule has 1 aliphatic heterocycles. The molecule has 0 radical (unpaired) electrons. The summed E-state index contributed by atoms with van der Waals surface area (Å²) >= 11 is 0. The van der Waals surface area contributed by atoms with Gasteiger partial charge in [-0.3, -0.25) is 14.5 Å². The maximum Gasteiger partial charge on any atom is 0.266 e. The molecule has 2 amide bonds. The van der Waals surface area contributed by atoms with Crippen LogP contribution in [0, 0.1) is 0 Å². The molecule has 0 fully saturated rings. The Morgan fingerprint density at radius 3 is 2.03 bits per heavy atom. The zero-order valence-electron chi connectivity index (χ0n) is 18.9. The van der Waals surface area contributed by atoms with Crippen molar-refractivity contribution in [2.24, 2.45) is 10.7 Å². The smallest absolute Gasteiger partial charge is 0.266 e. The third-order valence-electron chi connectivity index (χ3n) is 5.74. The Labute approximate surface area is 199 Å². The van der Waals surface area contributed by atoms with Gasteiger partial charge in [0.1, 0.15) is 5.75 Å². The number of nitrogens with one attached hydrogen (secondary N) is 1. The number of unbranched alkanes of at least 4 members (excludes halogenated alkanes) is 1. The van der Waals surface area contributed by atoms with Gasteiger partial charge in [-0.1, -0.05) is 78.9 Å². The molecular weight excluding hydrogens is 428 g/mol. The summed E-state index contributed by atoms with van der Waals surface area (Å²) in [6.07, 6.45) is 1.36. The Hall–Kier alpha value is -4.13. The minimum absolute atomic E-state index is 0.0368. The molecule has 3 aromatic rings. The lowest BCUT2D eigenvalue weighted by atomic mass is 9.83. The van der Waals surface area contributed by atoms with E-state index >= 15 is 0 Å². The van der Waals surface area contributed by atoms with E-state index in [4.69, 9.17) is 10.5 Å². The van der Waals surface area contributed by atoms with Crippen LogP contribution < -0.4 is 15.8 Å². The highest BCUT2D eigenvalue weighted by atomic mass is 16.5. The maximum absolute atomic E-state index is 13.7. The van der Waals surface area contributed by atoms with Crippen molar-refractivity contribution in [2.75, 3.05) is 19.7 Å². The molecule has 0 saturated carbocycles. The van der Waals surface area contributed by atoms with Crippen molar-refractivity contribution in [3.63, 3.8) is 0 Å². The van der Waals surface area contributed by atoms with Gasteiger partial charge in [0, 0.05) is 13.1 Å². The monoisotopic (exact) mass is 456 g/mol. The molecule has 0 atom stereocenters. The van der Waals surface area contributed by atoms with Crippen molar-refractivity contribution in [3.05, 3.63) is 102 Å². The first kappa shape index (κ1) is 23.0. The molecule has 0 spiro atoms. The predicted molar refractivity (Wildman–Crippen MR) is 131 cm³/mol. The lowest BCUT2D eigenvalue weighted by Gasteiger charge is -2.27. The number of carbonyl (C=O) groups excluding carboxylic acids is 2. The van der Waals surface area contributed by atoms with Crippen LogP contribution >= 0.6 is 0 Å². The Bertz CT molecular complexity index is 1090. The first-order valence-electron chi connectivity index (χ1n) is 11.3. The molecule has 4 rings (SSSR count).